The van der Waals surface area contributed by atoms with Crippen molar-refractivity contribution in [1.82, 2.24) is 25.0 Å². The first-order valence-corrected chi connectivity index (χ1v) is 10.7. The number of carbonyl (C=O) groups excluding carboxylic acids is 1. The van der Waals surface area contributed by atoms with Gasteiger partial charge in [0.1, 0.15) is 10.8 Å². The first-order chi connectivity index (χ1) is 12.2. The molecule has 1 fully saturated rings. The molecule has 0 atom stereocenters. The van der Waals surface area contributed by atoms with E-state index in [1.807, 2.05) is 4.57 Å². The number of hydrogen-bond donors (Lipinski definition) is 1. The molecule has 1 amide bonds. The summed E-state index contributed by atoms with van der Waals surface area (Å²) in [5.41, 5.74) is 0. The summed E-state index contributed by atoms with van der Waals surface area (Å²) in [5.74, 6) is 1.67. The summed E-state index contributed by atoms with van der Waals surface area (Å²) in [4.78, 5) is 12.2. The Hall–Kier alpha value is -1.48. The molecule has 7 nitrogen and oxygen atoms in total. The predicted octanol–water partition coefficient (Wildman–Crippen LogP) is 3.49. The molecule has 2 aromatic rings. The molecule has 2 aromatic heterocycles. The smallest absolute Gasteiger partial charge is 0.236 e. The van der Waals surface area contributed by atoms with Crippen molar-refractivity contribution in [2.24, 2.45) is 0 Å². The first-order valence-electron chi connectivity index (χ1n) is 8.89. The Bertz CT molecular complexity index is 707. The van der Waals surface area contributed by atoms with Crippen molar-refractivity contribution < 1.29 is 4.79 Å². The minimum absolute atomic E-state index is 0.0833. The molecular formula is C16H24N6OS2. The van der Waals surface area contributed by atoms with Crippen molar-refractivity contribution in [3.63, 3.8) is 0 Å². The second kappa shape index (κ2) is 8.75. The highest BCUT2D eigenvalue weighted by molar-refractivity contribution is 7.99. The Morgan fingerprint density at radius 1 is 1.20 bits per heavy atom. The predicted molar refractivity (Wildman–Crippen MR) is 100 cm³/mol. The second-order valence-electron chi connectivity index (χ2n) is 6.11. The zero-order valence-corrected chi connectivity index (χ0v) is 16.3. The van der Waals surface area contributed by atoms with E-state index in [1.54, 1.807) is 0 Å². The van der Waals surface area contributed by atoms with Crippen LogP contribution in [0.1, 0.15) is 62.7 Å². The van der Waals surface area contributed by atoms with Crippen LogP contribution in [0.3, 0.4) is 0 Å². The zero-order valence-electron chi connectivity index (χ0n) is 14.7. The normalized spacial score (nSPS) is 15.4. The van der Waals surface area contributed by atoms with E-state index in [0.29, 0.717) is 16.8 Å². The number of amides is 1. The quantitative estimate of drug-likeness (QED) is 0.740. The van der Waals surface area contributed by atoms with Crippen molar-refractivity contribution in [3.8, 4) is 0 Å². The number of rotatable bonds is 7. The van der Waals surface area contributed by atoms with Gasteiger partial charge in [0.2, 0.25) is 11.0 Å². The van der Waals surface area contributed by atoms with Gasteiger partial charge in [-0.3, -0.25) is 10.1 Å². The van der Waals surface area contributed by atoms with E-state index in [0.717, 1.165) is 29.0 Å². The number of thioether (sulfide) groups is 1. The number of aromatic nitrogens is 5. The number of nitrogens with zero attached hydrogens (tertiary/aromatic N) is 5. The summed E-state index contributed by atoms with van der Waals surface area (Å²) in [5, 5.41) is 22.0. The Morgan fingerprint density at radius 2 is 2.00 bits per heavy atom. The van der Waals surface area contributed by atoms with Crippen molar-refractivity contribution in [2.45, 2.75) is 70.0 Å². The van der Waals surface area contributed by atoms with Crippen molar-refractivity contribution in [1.29, 1.82) is 0 Å². The minimum Gasteiger partial charge on any atom is -0.306 e. The van der Waals surface area contributed by atoms with Crippen LogP contribution in [0.2, 0.25) is 0 Å². The van der Waals surface area contributed by atoms with Gasteiger partial charge < -0.3 is 4.57 Å². The molecule has 3 rings (SSSR count). The lowest BCUT2D eigenvalue weighted by Crippen LogP contribution is -2.14. The third kappa shape index (κ3) is 4.58. The van der Waals surface area contributed by atoms with Gasteiger partial charge in [0.25, 0.3) is 0 Å². The molecule has 1 saturated carbocycles. The Kier molecular flexibility index (Phi) is 6.41. The SMILES string of the molecule is CCc1nnc(SCC(=O)Nc2nnc(C3CCCCC3)s2)n1CC. The Labute approximate surface area is 156 Å². The maximum absolute atomic E-state index is 12.2. The minimum atomic E-state index is -0.0833. The number of hydrogen-bond acceptors (Lipinski definition) is 7. The number of nitrogens with one attached hydrogen (secondary N) is 1. The molecule has 0 saturated heterocycles. The van der Waals surface area contributed by atoms with Gasteiger partial charge in [-0.2, -0.15) is 0 Å². The van der Waals surface area contributed by atoms with Crippen LogP contribution in [-0.2, 0) is 17.8 Å². The van der Waals surface area contributed by atoms with Crippen LogP contribution in [-0.4, -0.2) is 36.6 Å². The zero-order chi connectivity index (χ0) is 17.6. The molecule has 0 aliphatic heterocycles. The fourth-order valence-electron chi connectivity index (χ4n) is 3.09. The van der Waals surface area contributed by atoms with E-state index in [1.165, 1.54) is 55.2 Å². The molecule has 2 heterocycles. The van der Waals surface area contributed by atoms with Gasteiger partial charge >= 0.3 is 0 Å². The maximum Gasteiger partial charge on any atom is 0.236 e. The lowest BCUT2D eigenvalue weighted by molar-refractivity contribution is -0.113. The van der Waals surface area contributed by atoms with Crippen LogP contribution in [0.4, 0.5) is 5.13 Å². The average molecular weight is 381 g/mol. The van der Waals surface area contributed by atoms with Gasteiger partial charge in [-0.1, -0.05) is 49.3 Å². The number of aryl methyl sites for hydroxylation is 1. The van der Waals surface area contributed by atoms with Crippen LogP contribution < -0.4 is 5.32 Å². The number of carbonyl (C=O) groups is 1. The van der Waals surface area contributed by atoms with Gasteiger partial charge in [0.05, 0.1) is 5.75 Å². The van der Waals surface area contributed by atoms with Crippen LogP contribution in [0, 0.1) is 0 Å². The maximum atomic E-state index is 12.2. The van der Waals surface area contributed by atoms with Gasteiger partial charge in [0, 0.05) is 18.9 Å². The highest BCUT2D eigenvalue weighted by Gasteiger charge is 2.20. The van der Waals surface area contributed by atoms with E-state index in [4.69, 9.17) is 0 Å². The molecule has 25 heavy (non-hydrogen) atoms. The van der Waals surface area contributed by atoms with E-state index in [2.05, 4.69) is 39.6 Å². The molecule has 0 unspecified atom stereocenters. The fraction of sp³-hybridized carbons (Fsp3) is 0.688. The van der Waals surface area contributed by atoms with Crippen LogP contribution >= 0.6 is 23.1 Å². The lowest BCUT2D eigenvalue weighted by atomic mass is 9.90. The summed E-state index contributed by atoms with van der Waals surface area (Å²) in [6, 6.07) is 0. The molecule has 0 spiro atoms. The summed E-state index contributed by atoms with van der Waals surface area (Å²) in [7, 11) is 0. The standard InChI is InChI=1S/C16H24N6OS2/c1-3-12-18-21-16(22(12)4-2)24-10-13(23)17-15-20-19-14(25-15)11-8-6-5-7-9-11/h11H,3-10H2,1-2H3,(H,17,20,23). The van der Waals surface area contributed by atoms with Gasteiger partial charge in [0.15, 0.2) is 5.16 Å². The molecule has 0 bridgehead atoms. The van der Waals surface area contributed by atoms with Crippen LogP contribution in [0.25, 0.3) is 0 Å². The topological polar surface area (TPSA) is 85.6 Å². The van der Waals surface area contributed by atoms with Crippen LogP contribution in [0.15, 0.2) is 5.16 Å². The lowest BCUT2D eigenvalue weighted by Gasteiger charge is -2.18. The molecule has 9 heteroatoms. The fourth-order valence-corrected chi connectivity index (χ4v) is 4.84. The highest BCUT2D eigenvalue weighted by Crippen LogP contribution is 2.35. The summed E-state index contributed by atoms with van der Waals surface area (Å²) >= 11 is 2.91. The van der Waals surface area contributed by atoms with Crippen LogP contribution in [0.5, 0.6) is 0 Å². The molecule has 0 radical (unpaired) electrons. The Morgan fingerprint density at radius 3 is 2.72 bits per heavy atom. The van der Waals surface area contributed by atoms with E-state index < -0.39 is 0 Å². The van der Waals surface area contributed by atoms with Crippen molar-refractivity contribution in [2.75, 3.05) is 11.1 Å². The van der Waals surface area contributed by atoms with Gasteiger partial charge in [-0.25, -0.2) is 0 Å². The molecule has 0 aromatic carbocycles. The monoisotopic (exact) mass is 380 g/mol. The van der Waals surface area contributed by atoms with Crippen molar-refractivity contribution >= 4 is 34.1 Å². The molecule has 1 aliphatic rings. The van der Waals surface area contributed by atoms with E-state index >= 15 is 0 Å². The van der Waals surface area contributed by atoms with Gasteiger partial charge in [-0.15, -0.1) is 20.4 Å². The summed E-state index contributed by atoms with van der Waals surface area (Å²) in [6.45, 7) is 4.92. The third-order valence-corrected chi connectivity index (χ3v) is 6.37. The molecular weight excluding hydrogens is 356 g/mol. The summed E-state index contributed by atoms with van der Waals surface area (Å²) in [6.07, 6.45) is 7.05. The van der Waals surface area contributed by atoms with Gasteiger partial charge in [-0.05, 0) is 19.8 Å². The summed E-state index contributed by atoms with van der Waals surface area (Å²) < 4.78 is 2.05. The highest BCUT2D eigenvalue weighted by atomic mass is 32.2. The largest absolute Gasteiger partial charge is 0.306 e. The number of anilines is 1. The van der Waals surface area contributed by atoms with Crippen molar-refractivity contribution in [3.05, 3.63) is 10.8 Å². The second-order valence-corrected chi connectivity index (χ2v) is 8.07. The Balaban J connectivity index is 1.53. The third-order valence-electron chi connectivity index (χ3n) is 4.40. The molecule has 1 aliphatic carbocycles. The average Bonchev–Trinajstić information content (AvgIpc) is 3.26. The first kappa shape index (κ1) is 18.3. The van der Waals surface area contributed by atoms with E-state index in [-0.39, 0.29) is 5.91 Å². The van der Waals surface area contributed by atoms with E-state index in [9.17, 15) is 4.79 Å². The molecule has 1 N–H and O–H groups in total. The molecule has 136 valence electrons.